The molecule has 1 saturated heterocycles. The zero-order valence-electron chi connectivity index (χ0n) is 10.1. The quantitative estimate of drug-likeness (QED) is 0.903. The summed E-state index contributed by atoms with van der Waals surface area (Å²) in [5.41, 5.74) is -0.117. The Bertz CT molecular complexity index is 383. The number of nitrogens with one attached hydrogen (secondary N) is 1. The fourth-order valence-corrected chi connectivity index (χ4v) is 2.22. The second-order valence-electron chi connectivity index (χ2n) is 4.54. The van der Waals surface area contributed by atoms with E-state index >= 15 is 0 Å². The highest BCUT2D eigenvalue weighted by Crippen LogP contribution is 2.29. The van der Waals surface area contributed by atoms with E-state index in [-0.39, 0.29) is 12.4 Å². The maximum Gasteiger partial charge on any atom is 0.435 e. The molecule has 0 saturated carbocycles. The summed E-state index contributed by atoms with van der Waals surface area (Å²) in [6.45, 7) is 1.91. The highest BCUT2D eigenvalue weighted by molar-refractivity contribution is 5.85. The fourth-order valence-electron chi connectivity index (χ4n) is 2.22. The number of nitrogens with zero attached hydrogens (tertiary/aromatic N) is 2. The lowest BCUT2D eigenvalue weighted by Crippen LogP contribution is -2.29. The summed E-state index contributed by atoms with van der Waals surface area (Å²) < 4.78 is 38.8. The first-order valence-corrected chi connectivity index (χ1v) is 5.77. The first-order valence-electron chi connectivity index (χ1n) is 5.77. The van der Waals surface area contributed by atoms with E-state index in [4.69, 9.17) is 0 Å². The molecule has 0 unspecified atom stereocenters. The van der Waals surface area contributed by atoms with Gasteiger partial charge in [-0.2, -0.15) is 18.3 Å². The van der Waals surface area contributed by atoms with E-state index in [1.54, 1.807) is 7.05 Å². The maximum atomic E-state index is 12.5. The van der Waals surface area contributed by atoms with Crippen molar-refractivity contribution in [1.29, 1.82) is 0 Å². The van der Waals surface area contributed by atoms with Crippen molar-refractivity contribution in [2.45, 2.75) is 25.4 Å². The molecule has 1 fully saturated rings. The lowest BCUT2D eigenvalue weighted by molar-refractivity contribution is -0.141. The molecule has 7 heteroatoms. The number of aromatic nitrogens is 2. The van der Waals surface area contributed by atoms with Crippen LogP contribution in [-0.2, 0) is 19.6 Å². The van der Waals surface area contributed by atoms with Gasteiger partial charge in [0.15, 0.2) is 5.69 Å². The predicted octanol–water partition coefficient (Wildman–Crippen LogP) is 2.40. The summed E-state index contributed by atoms with van der Waals surface area (Å²) in [5, 5.41) is 6.77. The summed E-state index contributed by atoms with van der Waals surface area (Å²) in [6, 6.07) is 1.17. The van der Waals surface area contributed by atoms with Crippen LogP contribution in [0.15, 0.2) is 6.07 Å². The van der Waals surface area contributed by atoms with Crippen LogP contribution in [0, 0.1) is 5.92 Å². The molecule has 0 radical (unpaired) electrons. The van der Waals surface area contributed by atoms with Crippen molar-refractivity contribution in [2.24, 2.45) is 13.0 Å². The normalized spacial score (nSPS) is 17.6. The van der Waals surface area contributed by atoms with Gasteiger partial charge in [0, 0.05) is 12.7 Å². The molecule has 0 aromatic carbocycles. The zero-order valence-corrected chi connectivity index (χ0v) is 10.9. The Labute approximate surface area is 110 Å². The molecule has 0 aliphatic carbocycles. The molecule has 0 bridgehead atoms. The highest BCUT2D eigenvalue weighted by atomic mass is 35.5. The summed E-state index contributed by atoms with van der Waals surface area (Å²) in [5.74, 6) is 0.465. The van der Waals surface area contributed by atoms with E-state index in [9.17, 15) is 13.2 Å². The van der Waals surface area contributed by atoms with Crippen LogP contribution in [-0.4, -0.2) is 22.9 Å². The number of alkyl halides is 3. The molecule has 0 amide bonds. The second-order valence-corrected chi connectivity index (χ2v) is 4.54. The minimum atomic E-state index is -4.34. The van der Waals surface area contributed by atoms with E-state index in [0.717, 1.165) is 25.9 Å². The molecule has 18 heavy (non-hydrogen) atoms. The van der Waals surface area contributed by atoms with E-state index in [1.165, 1.54) is 10.7 Å². The van der Waals surface area contributed by atoms with E-state index in [2.05, 4.69) is 10.4 Å². The number of rotatable bonds is 2. The average Bonchev–Trinajstić information content (AvgIpc) is 2.62. The molecule has 104 valence electrons. The SMILES string of the molecule is Cl.Cn1nc(C(F)(F)F)cc1CC1CCNCC1. The third-order valence-corrected chi connectivity index (χ3v) is 3.22. The van der Waals surface area contributed by atoms with Gasteiger partial charge < -0.3 is 5.32 Å². The van der Waals surface area contributed by atoms with Crippen molar-refractivity contribution in [2.75, 3.05) is 13.1 Å². The molecule has 1 aliphatic heterocycles. The molecular weight excluding hydrogens is 267 g/mol. The number of halogens is 4. The molecule has 1 N–H and O–H groups in total. The van der Waals surface area contributed by atoms with Gasteiger partial charge in [0.1, 0.15) is 0 Å². The Morgan fingerprint density at radius 1 is 1.39 bits per heavy atom. The van der Waals surface area contributed by atoms with Gasteiger partial charge in [0.05, 0.1) is 0 Å². The van der Waals surface area contributed by atoms with Gasteiger partial charge in [-0.05, 0) is 44.3 Å². The van der Waals surface area contributed by atoms with Gasteiger partial charge in [-0.15, -0.1) is 12.4 Å². The standard InChI is InChI=1S/C11H16F3N3.ClH/c1-17-9(6-8-2-4-15-5-3-8)7-10(16-17)11(12,13)14;/h7-8,15H,2-6H2,1H3;1H. The van der Waals surface area contributed by atoms with Crippen LogP contribution in [0.3, 0.4) is 0 Å². The molecule has 1 aliphatic rings. The molecule has 3 nitrogen and oxygen atoms in total. The Kier molecular flexibility index (Phi) is 5.04. The van der Waals surface area contributed by atoms with Crippen molar-refractivity contribution in [1.82, 2.24) is 15.1 Å². The number of hydrogen-bond acceptors (Lipinski definition) is 2. The Hall–Kier alpha value is -0.750. The van der Waals surface area contributed by atoms with Crippen molar-refractivity contribution in [3.63, 3.8) is 0 Å². The minimum absolute atomic E-state index is 0. The van der Waals surface area contributed by atoms with Gasteiger partial charge >= 0.3 is 6.18 Å². The predicted molar refractivity (Wildman–Crippen MR) is 64.8 cm³/mol. The zero-order chi connectivity index (χ0) is 12.5. The van der Waals surface area contributed by atoms with Gasteiger partial charge in [0.25, 0.3) is 0 Å². The molecular formula is C11H17ClF3N3. The lowest BCUT2D eigenvalue weighted by Gasteiger charge is -2.22. The molecule has 0 spiro atoms. The topological polar surface area (TPSA) is 29.9 Å². The van der Waals surface area contributed by atoms with Crippen LogP contribution in [0.2, 0.25) is 0 Å². The lowest BCUT2D eigenvalue weighted by atomic mass is 9.93. The molecule has 0 atom stereocenters. The van der Waals surface area contributed by atoms with Crippen LogP contribution in [0.25, 0.3) is 0 Å². The Morgan fingerprint density at radius 3 is 2.50 bits per heavy atom. The molecule has 1 aromatic heterocycles. The van der Waals surface area contributed by atoms with Gasteiger partial charge in [0.2, 0.25) is 0 Å². The number of hydrogen-bond donors (Lipinski definition) is 1. The first-order chi connectivity index (χ1) is 7.97. The smallest absolute Gasteiger partial charge is 0.317 e. The Balaban J connectivity index is 0.00000162. The summed E-state index contributed by atoms with van der Waals surface area (Å²) in [4.78, 5) is 0. The summed E-state index contributed by atoms with van der Waals surface area (Å²) >= 11 is 0. The minimum Gasteiger partial charge on any atom is -0.317 e. The number of piperidine rings is 1. The third-order valence-electron chi connectivity index (χ3n) is 3.22. The fraction of sp³-hybridized carbons (Fsp3) is 0.727. The van der Waals surface area contributed by atoms with E-state index in [1.807, 2.05) is 0 Å². The van der Waals surface area contributed by atoms with Crippen LogP contribution in [0.1, 0.15) is 24.2 Å². The Morgan fingerprint density at radius 2 is 2.00 bits per heavy atom. The molecule has 2 rings (SSSR count). The average molecular weight is 284 g/mol. The van der Waals surface area contributed by atoms with Gasteiger partial charge in [-0.25, -0.2) is 0 Å². The first kappa shape index (κ1) is 15.3. The highest BCUT2D eigenvalue weighted by Gasteiger charge is 2.34. The van der Waals surface area contributed by atoms with Crippen molar-refractivity contribution < 1.29 is 13.2 Å². The monoisotopic (exact) mass is 283 g/mol. The largest absolute Gasteiger partial charge is 0.435 e. The summed E-state index contributed by atoms with van der Waals surface area (Å²) in [6.07, 6.45) is -1.62. The molecule has 1 aromatic rings. The van der Waals surface area contributed by atoms with Gasteiger partial charge in [-0.3, -0.25) is 4.68 Å². The molecule has 2 heterocycles. The maximum absolute atomic E-state index is 12.5. The number of aryl methyl sites for hydroxylation is 1. The van der Waals surface area contributed by atoms with Crippen molar-refractivity contribution in [3.8, 4) is 0 Å². The van der Waals surface area contributed by atoms with E-state index < -0.39 is 11.9 Å². The van der Waals surface area contributed by atoms with E-state index in [0.29, 0.717) is 18.0 Å². The van der Waals surface area contributed by atoms with Crippen LogP contribution >= 0.6 is 12.4 Å². The van der Waals surface area contributed by atoms with Crippen LogP contribution in [0.4, 0.5) is 13.2 Å². The van der Waals surface area contributed by atoms with Crippen molar-refractivity contribution >= 4 is 12.4 Å². The third kappa shape index (κ3) is 3.62. The summed E-state index contributed by atoms with van der Waals surface area (Å²) in [7, 11) is 1.58. The van der Waals surface area contributed by atoms with Crippen LogP contribution < -0.4 is 5.32 Å². The second kappa shape index (κ2) is 5.93. The van der Waals surface area contributed by atoms with Crippen LogP contribution in [0.5, 0.6) is 0 Å². The van der Waals surface area contributed by atoms with Crippen molar-refractivity contribution in [3.05, 3.63) is 17.5 Å². The van der Waals surface area contributed by atoms with Gasteiger partial charge in [-0.1, -0.05) is 0 Å².